The summed E-state index contributed by atoms with van der Waals surface area (Å²) in [5.41, 5.74) is 3.09. The molecule has 1 aliphatic heterocycles. The lowest BCUT2D eigenvalue weighted by atomic mass is 9.79. The lowest BCUT2D eigenvalue weighted by Crippen LogP contribution is -2.51. The Kier molecular flexibility index (Phi) is 4.97. The first-order valence-corrected chi connectivity index (χ1v) is 8.86. The van der Waals surface area contributed by atoms with E-state index >= 15 is 0 Å². The average molecular weight is 286 g/mol. The maximum absolute atomic E-state index is 3.76. The SMILES string of the molecule is CCCC1CCC(NCC)C(N2Cc3ccccc3C2)C1. The van der Waals surface area contributed by atoms with Crippen molar-refractivity contribution in [2.45, 2.75) is 71.1 Å². The molecule has 3 rings (SSSR count). The minimum atomic E-state index is 0.692. The van der Waals surface area contributed by atoms with E-state index in [2.05, 4.69) is 48.3 Å². The molecule has 0 spiro atoms. The van der Waals surface area contributed by atoms with Crippen LogP contribution in [0.25, 0.3) is 0 Å². The lowest BCUT2D eigenvalue weighted by Gasteiger charge is -2.41. The van der Waals surface area contributed by atoms with Gasteiger partial charge in [-0.1, -0.05) is 51.0 Å². The van der Waals surface area contributed by atoms with Gasteiger partial charge >= 0.3 is 0 Å². The molecule has 1 aromatic carbocycles. The first-order chi connectivity index (χ1) is 10.3. The largest absolute Gasteiger partial charge is 0.313 e. The Morgan fingerprint density at radius 2 is 1.81 bits per heavy atom. The van der Waals surface area contributed by atoms with E-state index in [0.29, 0.717) is 6.04 Å². The first-order valence-electron chi connectivity index (χ1n) is 8.86. The van der Waals surface area contributed by atoms with Crippen molar-refractivity contribution >= 4 is 0 Å². The smallest absolute Gasteiger partial charge is 0.0259 e. The van der Waals surface area contributed by atoms with E-state index in [9.17, 15) is 0 Å². The molecule has 1 aliphatic carbocycles. The fourth-order valence-electron chi connectivity index (χ4n) is 4.40. The zero-order chi connectivity index (χ0) is 14.7. The lowest BCUT2D eigenvalue weighted by molar-refractivity contribution is 0.0925. The summed E-state index contributed by atoms with van der Waals surface area (Å²) in [5.74, 6) is 0.943. The number of likely N-dealkylation sites (N-methyl/N-ethyl adjacent to an activating group) is 1. The minimum Gasteiger partial charge on any atom is -0.313 e. The van der Waals surface area contributed by atoms with Crippen molar-refractivity contribution < 1.29 is 0 Å². The summed E-state index contributed by atoms with van der Waals surface area (Å²) in [5, 5.41) is 3.76. The van der Waals surface area contributed by atoms with Gasteiger partial charge in [0, 0.05) is 25.2 Å². The molecule has 2 nitrogen and oxygen atoms in total. The molecule has 1 aromatic rings. The van der Waals surface area contributed by atoms with E-state index in [1.165, 1.54) is 32.1 Å². The van der Waals surface area contributed by atoms with Crippen molar-refractivity contribution in [3.63, 3.8) is 0 Å². The van der Waals surface area contributed by atoms with Gasteiger partial charge < -0.3 is 5.32 Å². The van der Waals surface area contributed by atoms with Gasteiger partial charge in [-0.2, -0.15) is 0 Å². The number of hydrogen-bond donors (Lipinski definition) is 1. The van der Waals surface area contributed by atoms with Gasteiger partial charge in [0.25, 0.3) is 0 Å². The standard InChI is InChI=1S/C19H30N2/c1-3-7-15-10-11-18(20-4-2)19(12-15)21-13-16-8-5-6-9-17(16)14-21/h5-6,8-9,15,18-20H,3-4,7,10-14H2,1-2H3. The molecular weight excluding hydrogens is 256 g/mol. The van der Waals surface area contributed by atoms with Crippen molar-refractivity contribution in [2.75, 3.05) is 6.54 Å². The van der Waals surface area contributed by atoms with E-state index in [1.807, 2.05) is 0 Å². The fourth-order valence-corrected chi connectivity index (χ4v) is 4.40. The molecule has 3 unspecified atom stereocenters. The summed E-state index contributed by atoms with van der Waals surface area (Å²) >= 11 is 0. The summed E-state index contributed by atoms with van der Waals surface area (Å²) in [6.45, 7) is 7.98. The van der Waals surface area contributed by atoms with Gasteiger partial charge in [-0.15, -0.1) is 0 Å². The molecule has 1 saturated carbocycles. The highest BCUT2D eigenvalue weighted by atomic mass is 15.2. The molecule has 1 fully saturated rings. The Morgan fingerprint density at radius 1 is 1.10 bits per heavy atom. The molecule has 0 aromatic heterocycles. The Balaban J connectivity index is 1.71. The van der Waals surface area contributed by atoms with E-state index in [1.54, 1.807) is 11.1 Å². The second-order valence-electron chi connectivity index (χ2n) is 6.87. The van der Waals surface area contributed by atoms with E-state index in [-0.39, 0.29) is 0 Å². The highest BCUT2D eigenvalue weighted by Crippen LogP contribution is 2.35. The highest BCUT2D eigenvalue weighted by molar-refractivity contribution is 5.30. The highest BCUT2D eigenvalue weighted by Gasteiger charge is 2.35. The van der Waals surface area contributed by atoms with Crippen LogP contribution in [0, 0.1) is 5.92 Å². The van der Waals surface area contributed by atoms with E-state index in [4.69, 9.17) is 0 Å². The van der Waals surface area contributed by atoms with Crippen molar-refractivity contribution in [3.8, 4) is 0 Å². The second kappa shape index (κ2) is 6.93. The van der Waals surface area contributed by atoms with Crippen molar-refractivity contribution in [1.29, 1.82) is 0 Å². The summed E-state index contributed by atoms with van der Waals surface area (Å²) in [4.78, 5) is 2.74. The van der Waals surface area contributed by atoms with Crippen LogP contribution in [0.1, 0.15) is 57.1 Å². The van der Waals surface area contributed by atoms with Crippen LogP contribution in [0.5, 0.6) is 0 Å². The van der Waals surface area contributed by atoms with E-state index in [0.717, 1.165) is 31.6 Å². The van der Waals surface area contributed by atoms with Gasteiger partial charge in [-0.3, -0.25) is 4.90 Å². The molecule has 1 heterocycles. The maximum Gasteiger partial charge on any atom is 0.0259 e. The van der Waals surface area contributed by atoms with Crippen LogP contribution in [0.3, 0.4) is 0 Å². The number of nitrogens with zero attached hydrogens (tertiary/aromatic N) is 1. The van der Waals surface area contributed by atoms with Crippen LogP contribution >= 0.6 is 0 Å². The van der Waals surface area contributed by atoms with Crippen LogP contribution in [-0.4, -0.2) is 23.5 Å². The van der Waals surface area contributed by atoms with Crippen molar-refractivity contribution in [3.05, 3.63) is 35.4 Å². The molecule has 0 bridgehead atoms. The minimum absolute atomic E-state index is 0.692. The molecule has 2 aliphatic rings. The van der Waals surface area contributed by atoms with Gasteiger partial charge in [-0.05, 0) is 42.9 Å². The van der Waals surface area contributed by atoms with Gasteiger partial charge in [-0.25, -0.2) is 0 Å². The van der Waals surface area contributed by atoms with Crippen LogP contribution in [0.4, 0.5) is 0 Å². The van der Waals surface area contributed by atoms with Gasteiger partial charge in [0.1, 0.15) is 0 Å². The van der Waals surface area contributed by atoms with Crippen molar-refractivity contribution in [2.24, 2.45) is 5.92 Å². The number of rotatable bonds is 5. The second-order valence-corrected chi connectivity index (χ2v) is 6.87. The van der Waals surface area contributed by atoms with Gasteiger partial charge in [0.05, 0.1) is 0 Å². The fraction of sp³-hybridized carbons (Fsp3) is 0.684. The van der Waals surface area contributed by atoms with Crippen LogP contribution in [0.15, 0.2) is 24.3 Å². The Bertz CT molecular complexity index is 432. The van der Waals surface area contributed by atoms with Crippen LogP contribution < -0.4 is 5.32 Å². The number of benzene rings is 1. The Morgan fingerprint density at radius 3 is 2.43 bits per heavy atom. The molecule has 1 N–H and O–H groups in total. The van der Waals surface area contributed by atoms with Crippen LogP contribution in [-0.2, 0) is 13.1 Å². The maximum atomic E-state index is 3.76. The zero-order valence-electron chi connectivity index (χ0n) is 13.6. The molecule has 0 amide bonds. The molecule has 0 saturated heterocycles. The molecule has 116 valence electrons. The molecule has 21 heavy (non-hydrogen) atoms. The number of hydrogen-bond acceptors (Lipinski definition) is 2. The summed E-state index contributed by atoms with van der Waals surface area (Å²) in [7, 11) is 0. The van der Waals surface area contributed by atoms with Gasteiger partial charge in [0.2, 0.25) is 0 Å². The molecule has 0 radical (unpaired) electrons. The van der Waals surface area contributed by atoms with Crippen molar-refractivity contribution in [1.82, 2.24) is 10.2 Å². The molecule has 2 heteroatoms. The predicted molar refractivity (Wildman–Crippen MR) is 89.2 cm³/mol. The predicted octanol–water partition coefficient (Wildman–Crippen LogP) is 3.95. The third-order valence-corrected chi connectivity index (χ3v) is 5.42. The molecular formula is C19H30N2. The van der Waals surface area contributed by atoms with E-state index < -0.39 is 0 Å². The quantitative estimate of drug-likeness (QED) is 0.881. The van der Waals surface area contributed by atoms with Crippen LogP contribution in [0.2, 0.25) is 0 Å². The third-order valence-electron chi connectivity index (χ3n) is 5.42. The first kappa shape index (κ1) is 15.1. The third kappa shape index (κ3) is 3.32. The molecule has 3 atom stereocenters. The normalized spacial score (nSPS) is 29.5. The van der Waals surface area contributed by atoms with Gasteiger partial charge in [0.15, 0.2) is 0 Å². The Hall–Kier alpha value is -0.860. The topological polar surface area (TPSA) is 15.3 Å². The average Bonchev–Trinajstić information content (AvgIpc) is 2.93. The summed E-state index contributed by atoms with van der Waals surface area (Å²) in [6, 6.07) is 10.4. The monoisotopic (exact) mass is 286 g/mol. The number of nitrogens with one attached hydrogen (secondary N) is 1. The Labute approximate surface area is 129 Å². The summed E-state index contributed by atoms with van der Waals surface area (Å²) < 4.78 is 0. The number of fused-ring (bicyclic) bond motifs is 1. The zero-order valence-corrected chi connectivity index (χ0v) is 13.6. The summed E-state index contributed by atoms with van der Waals surface area (Å²) in [6.07, 6.45) is 6.91.